The van der Waals surface area contributed by atoms with Gasteiger partial charge in [0.25, 0.3) is 0 Å². The molecule has 3 heteroatoms. The fourth-order valence-corrected chi connectivity index (χ4v) is 2.39. The smallest absolute Gasteiger partial charge is 0.222 e. The number of rotatable bonds is 6. The summed E-state index contributed by atoms with van der Waals surface area (Å²) in [7, 11) is 1.96. The number of amides is 1. The van der Waals surface area contributed by atoms with Crippen LogP contribution in [0.4, 0.5) is 0 Å². The van der Waals surface area contributed by atoms with Gasteiger partial charge in [-0.25, -0.2) is 0 Å². The first-order chi connectivity index (χ1) is 8.11. The molecular weight excluding hydrogens is 214 g/mol. The number of hydrogen-bond acceptors (Lipinski definition) is 2. The molecule has 0 aromatic rings. The SMILES string of the molecule is CC(C)OCCCC(=O)N(C)C1CCCCC1. The molecule has 17 heavy (non-hydrogen) atoms. The first kappa shape index (κ1) is 14.5. The fraction of sp³-hybridized carbons (Fsp3) is 0.929. The van der Waals surface area contributed by atoms with Crippen molar-refractivity contribution in [3.8, 4) is 0 Å². The third-order valence-corrected chi connectivity index (χ3v) is 3.50. The number of ether oxygens (including phenoxy) is 1. The average molecular weight is 241 g/mol. The molecule has 0 saturated heterocycles. The highest BCUT2D eigenvalue weighted by atomic mass is 16.5. The monoisotopic (exact) mass is 241 g/mol. The molecule has 1 fully saturated rings. The Morgan fingerprint density at radius 2 is 1.94 bits per heavy atom. The molecule has 0 N–H and O–H groups in total. The molecule has 0 atom stereocenters. The van der Waals surface area contributed by atoms with Crippen LogP contribution in [0.5, 0.6) is 0 Å². The van der Waals surface area contributed by atoms with Crippen molar-refractivity contribution in [2.24, 2.45) is 0 Å². The molecule has 0 aromatic carbocycles. The van der Waals surface area contributed by atoms with Gasteiger partial charge in [0.15, 0.2) is 0 Å². The van der Waals surface area contributed by atoms with Crippen molar-refractivity contribution in [2.75, 3.05) is 13.7 Å². The number of carbonyl (C=O) groups is 1. The maximum Gasteiger partial charge on any atom is 0.222 e. The summed E-state index contributed by atoms with van der Waals surface area (Å²) in [5.74, 6) is 0.282. The quantitative estimate of drug-likeness (QED) is 0.669. The number of nitrogens with zero attached hydrogens (tertiary/aromatic N) is 1. The zero-order valence-electron chi connectivity index (χ0n) is 11.6. The van der Waals surface area contributed by atoms with Gasteiger partial charge in [-0.05, 0) is 33.1 Å². The van der Waals surface area contributed by atoms with Crippen LogP contribution in [-0.2, 0) is 9.53 Å². The molecule has 0 bridgehead atoms. The van der Waals surface area contributed by atoms with Gasteiger partial charge < -0.3 is 9.64 Å². The topological polar surface area (TPSA) is 29.5 Å². The standard InChI is InChI=1S/C14H27NO2/c1-12(2)17-11-7-10-14(16)15(3)13-8-5-4-6-9-13/h12-13H,4-11H2,1-3H3. The van der Waals surface area contributed by atoms with Crippen molar-refractivity contribution >= 4 is 5.91 Å². The van der Waals surface area contributed by atoms with E-state index in [0.717, 1.165) is 6.42 Å². The second-order valence-corrected chi connectivity index (χ2v) is 5.32. The van der Waals surface area contributed by atoms with Gasteiger partial charge in [0, 0.05) is 26.1 Å². The summed E-state index contributed by atoms with van der Waals surface area (Å²) < 4.78 is 5.45. The van der Waals surface area contributed by atoms with Gasteiger partial charge in [-0.2, -0.15) is 0 Å². The zero-order chi connectivity index (χ0) is 12.7. The highest BCUT2D eigenvalue weighted by Gasteiger charge is 2.21. The Hall–Kier alpha value is -0.570. The molecule has 0 aliphatic heterocycles. The predicted octanol–water partition coefficient (Wildman–Crippen LogP) is 2.98. The van der Waals surface area contributed by atoms with E-state index in [4.69, 9.17) is 4.74 Å². The Morgan fingerprint density at radius 1 is 1.29 bits per heavy atom. The van der Waals surface area contributed by atoms with Gasteiger partial charge in [-0.3, -0.25) is 4.79 Å². The molecule has 0 radical (unpaired) electrons. The van der Waals surface area contributed by atoms with Gasteiger partial charge in [0.05, 0.1) is 6.10 Å². The van der Waals surface area contributed by atoms with Crippen LogP contribution in [0.15, 0.2) is 0 Å². The van der Waals surface area contributed by atoms with E-state index in [-0.39, 0.29) is 12.0 Å². The Bertz CT molecular complexity index is 222. The first-order valence-electron chi connectivity index (χ1n) is 6.98. The van der Waals surface area contributed by atoms with Gasteiger partial charge >= 0.3 is 0 Å². The Morgan fingerprint density at radius 3 is 2.53 bits per heavy atom. The molecule has 0 unspecified atom stereocenters. The lowest BCUT2D eigenvalue weighted by Crippen LogP contribution is -2.38. The van der Waals surface area contributed by atoms with Crippen molar-refractivity contribution < 1.29 is 9.53 Å². The normalized spacial score (nSPS) is 17.4. The summed E-state index contributed by atoms with van der Waals surface area (Å²) in [6, 6.07) is 0.488. The summed E-state index contributed by atoms with van der Waals surface area (Å²) in [5, 5.41) is 0. The van der Waals surface area contributed by atoms with E-state index in [0.29, 0.717) is 19.1 Å². The Balaban J connectivity index is 2.17. The van der Waals surface area contributed by atoms with Crippen LogP contribution >= 0.6 is 0 Å². The highest BCUT2D eigenvalue weighted by Crippen LogP contribution is 2.22. The molecule has 1 saturated carbocycles. The lowest BCUT2D eigenvalue weighted by Gasteiger charge is -2.31. The van der Waals surface area contributed by atoms with Gasteiger partial charge in [-0.15, -0.1) is 0 Å². The van der Waals surface area contributed by atoms with E-state index >= 15 is 0 Å². The minimum absolute atomic E-state index is 0.265. The fourth-order valence-electron chi connectivity index (χ4n) is 2.39. The maximum absolute atomic E-state index is 12.0. The van der Waals surface area contributed by atoms with Crippen molar-refractivity contribution in [1.82, 2.24) is 4.90 Å². The van der Waals surface area contributed by atoms with Crippen molar-refractivity contribution in [3.05, 3.63) is 0 Å². The molecule has 100 valence electrons. The molecule has 0 spiro atoms. The van der Waals surface area contributed by atoms with E-state index in [9.17, 15) is 4.79 Å². The zero-order valence-corrected chi connectivity index (χ0v) is 11.6. The van der Waals surface area contributed by atoms with Gasteiger partial charge in [0.2, 0.25) is 5.91 Å². The lowest BCUT2D eigenvalue weighted by atomic mass is 9.94. The van der Waals surface area contributed by atoms with E-state index in [1.54, 1.807) is 0 Å². The maximum atomic E-state index is 12.0. The lowest BCUT2D eigenvalue weighted by molar-refractivity contribution is -0.133. The molecule has 0 heterocycles. The van der Waals surface area contributed by atoms with Gasteiger partial charge in [-0.1, -0.05) is 19.3 Å². The third-order valence-electron chi connectivity index (χ3n) is 3.50. The van der Waals surface area contributed by atoms with E-state index < -0.39 is 0 Å². The van der Waals surface area contributed by atoms with Crippen LogP contribution in [0.1, 0.15) is 58.8 Å². The summed E-state index contributed by atoms with van der Waals surface area (Å²) in [6.07, 6.45) is 7.99. The minimum atomic E-state index is 0.265. The van der Waals surface area contributed by atoms with E-state index in [2.05, 4.69) is 0 Å². The largest absolute Gasteiger partial charge is 0.379 e. The minimum Gasteiger partial charge on any atom is -0.379 e. The van der Waals surface area contributed by atoms with Crippen LogP contribution < -0.4 is 0 Å². The third kappa shape index (κ3) is 5.53. The molecule has 1 aliphatic carbocycles. The molecule has 1 aliphatic rings. The van der Waals surface area contributed by atoms with Crippen LogP contribution in [-0.4, -0.2) is 36.6 Å². The second kappa shape index (κ2) is 7.70. The highest BCUT2D eigenvalue weighted by molar-refractivity contribution is 5.76. The van der Waals surface area contributed by atoms with Gasteiger partial charge in [0.1, 0.15) is 0 Å². The van der Waals surface area contributed by atoms with Crippen LogP contribution in [0.2, 0.25) is 0 Å². The predicted molar refractivity (Wildman–Crippen MR) is 70.0 cm³/mol. The second-order valence-electron chi connectivity index (χ2n) is 5.32. The van der Waals surface area contributed by atoms with Crippen LogP contribution in [0.3, 0.4) is 0 Å². The van der Waals surface area contributed by atoms with Crippen molar-refractivity contribution in [2.45, 2.75) is 70.9 Å². The first-order valence-corrected chi connectivity index (χ1v) is 6.98. The van der Waals surface area contributed by atoms with E-state index in [1.165, 1.54) is 32.1 Å². The average Bonchev–Trinajstić information content (AvgIpc) is 2.34. The summed E-state index contributed by atoms with van der Waals surface area (Å²) in [4.78, 5) is 13.9. The summed E-state index contributed by atoms with van der Waals surface area (Å²) >= 11 is 0. The van der Waals surface area contributed by atoms with Crippen LogP contribution in [0.25, 0.3) is 0 Å². The van der Waals surface area contributed by atoms with Crippen molar-refractivity contribution in [3.63, 3.8) is 0 Å². The van der Waals surface area contributed by atoms with Crippen LogP contribution in [0, 0.1) is 0 Å². The molecule has 3 nitrogen and oxygen atoms in total. The molecular formula is C14H27NO2. The summed E-state index contributed by atoms with van der Waals surface area (Å²) in [5.41, 5.74) is 0. The Kier molecular flexibility index (Phi) is 6.56. The molecule has 1 rings (SSSR count). The molecule has 0 aromatic heterocycles. The molecule has 1 amide bonds. The summed E-state index contributed by atoms with van der Waals surface area (Å²) in [6.45, 7) is 4.74. The Labute approximate surface area is 106 Å². The number of carbonyl (C=O) groups excluding carboxylic acids is 1. The van der Waals surface area contributed by atoms with E-state index in [1.807, 2.05) is 25.8 Å². The number of hydrogen-bond donors (Lipinski definition) is 0. The van der Waals surface area contributed by atoms with Crippen molar-refractivity contribution in [1.29, 1.82) is 0 Å².